The van der Waals surface area contributed by atoms with Crippen LogP contribution in [0.15, 0.2) is 36.4 Å². The molecule has 0 aliphatic rings. The highest BCUT2D eigenvalue weighted by Gasteiger charge is 2.11. The summed E-state index contributed by atoms with van der Waals surface area (Å²) in [5.41, 5.74) is 0.870. The minimum Gasteiger partial charge on any atom is -0.493 e. The number of hydrogen-bond donors (Lipinski definition) is 2. The normalized spacial score (nSPS) is 9.75. The monoisotopic (exact) mass is 440 g/mol. The molecule has 0 unspecified atom stereocenters. The SMILES string of the molecule is CCOc1ccc(C(=O)NCC#CCNC(=O)c2ccc(OCC)c(OC)c2)cc1OC. The van der Waals surface area contributed by atoms with Crippen molar-refractivity contribution in [2.45, 2.75) is 13.8 Å². The van der Waals surface area contributed by atoms with Gasteiger partial charge in [0.1, 0.15) is 0 Å². The molecule has 0 fully saturated rings. The summed E-state index contributed by atoms with van der Waals surface area (Å²) in [5.74, 6) is 7.16. The number of hydrogen-bond acceptors (Lipinski definition) is 6. The van der Waals surface area contributed by atoms with Crippen LogP contribution in [0.1, 0.15) is 34.6 Å². The van der Waals surface area contributed by atoms with E-state index >= 15 is 0 Å². The number of ether oxygens (including phenoxy) is 4. The summed E-state index contributed by atoms with van der Waals surface area (Å²) in [6.45, 7) is 5.02. The number of nitrogens with one attached hydrogen (secondary N) is 2. The van der Waals surface area contributed by atoms with E-state index in [1.807, 2.05) is 13.8 Å². The molecule has 0 aromatic heterocycles. The molecule has 0 atom stereocenters. The van der Waals surface area contributed by atoms with Crippen molar-refractivity contribution in [3.8, 4) is 34.8 Å². The smallest absolute Gasteiger partial charge is 0.252 e. The first-order valence-corrected chi connectivity index (χ1v) is 10.2. The fourth-order valence-electron chi connectivity index (χ4n) is 2.75. The second kappa shape index (κ2) is 12.7. The molecule has 32 heavy (non-hydrogen) atoms. The van der Waals surface area contributed by atoms with Gasteiger partial charge in [0, 0.05) is 11.1 Å². The predicted molar refractivity (Wildman–Crippen MR) is 121 cm³/mol. The van der Waals surface area contributed by atoms with E-state index in [1.54, 1.807) is 36.4 Å². The van der Waals surface area contributed by atoms with E-state index in [-0.39, 0.29) is 24.9 Å². The van der Waals surface area contributed by atoms with Gasteiger partial charge in [-0.25, -0.2) is 0 Å². The maximum Gasteiger partial charge on any atom is 0.252 e. The fraction of sp³-hybridized carbons (Fsp3) is 0.333. The molecule has 170 valence electrons. The Morgan fingerprint density at radius 2 is 1.12 bits per heavy atom. The second-order valence-electron chi connectivity index (χ2n) is 6.32. The van der Waals surface area contributed by atoms with Crippen molar-refractivity contribution in [1.82, 2.24) is 10.6 Å². The van der Waals surface area contributed by atoms with Crippen LogP contribution in [0.25, 0.3) is 0 Å². The van der Waals surface area contributed by atoms with Crippen LogP contribution in [0.4, 0.5) is 0 Å². The lowest BCUT2D eigenvalue weighted by Crippen LogP contribution is -2.25. The molecular formula is C24H28N2O6. The van der Waals surface area contributed by atoms with Crippen LogP contribution in [0.2, 0.25) is 0 Å². The zero-order chi connectivity index (χ0) is 23.3. The van der Waals surface area contributed by atoms with Crippen LogP contribution in [0, 0.1) is 11.8 Å². The Morgan fingerprint density at radius 3 is 1.47 bits per heavy atom. The zero-order valence-electron chi connectivity index (χ0n) is 18.7. The molecular weight excluding hydrogens is 412 g/mol. The lowest BCUT2D eigenvalue weighted by atomic mass is 10.2. The summed E-state index contributed by atoms with van der Waals surface area (Å²) >= 11 is 0. The van der Waals surface area contributed by atoms with Crippen molar-refractivity contribution in [3.63, 3.8) is 0 Å². The molecule has 0 radical (unpaired) electrons. The van der Waals surface area contributed by atoms with Gasteiger partial charge in [-0.05, 0) is 50.2 Å². The van der Waals surface area contributed by atoms with E-state index in [2.05, 4.69) is 22.5 Å². The summed E-state index contributed by atoms with van der Waals surface area (Å²) in [4.78, 5) is 24.6. The molecule has 2 N–H and O–H groups in total. The number of carbonyl (C=O) groups excluding carboxylic acids is 2. The predicted octanol–water partition coefficient (Wildman–Crippen LogP) is 2.66. The molecule has 0 saturated heterocycles. The van der Waals surface area contributed by atoms with Gasteiger partial charge in [-0.3, -0.25) is 9.59 Å². The third-order valence-corrected chi connectivity index (χ3v) is 4.25. The van der Waals surface area contributed by atoms with Gasteiger partial charge >= 0.3 is 0 Å². The molecule has 0 spiro atoms. The Kier molecular flexibility index (Phi) is 9.72. The Morgan fingerprint density at radius 1 is 0.719 bits per heavy atom. The Hall–Kier alpha value is -3.86. The van der Waals surface area contributed by atoms with Gasteiger partial charge in [0.05, 0.1) is 40.5 Å². The number of methoxy groups -OCH3 is 2. The minimum absolute atomic E-state index is 0.140. The Labute approximate surface area is 188 Å². The number of amides is 2. The summed E-state index contributed by atoms with van der Waals surface area (Å²) in [7, 11) is 3.03. The molecule has 2 amide bonds. The van der Waals surface area contributed by atoms with Crippen molar-refractivity contribution in [1.29, 1.82) is 0 Å². The fourth-order valence-corrected chi connectivity index (χ4v) is 2.75. The number of carbonyl (C=O) groups is 2. The van der Waals surface area contributed by atoms with Crippen molar-refractivity contribution in [3.05, 3.63) is 47.5 Å². The maximum atomic E-state index is 12.3. The topological polar surface area (TPSA) is 95.1 Å². The second-order valence-corrected chi connectivity index (χ2v) is 6.32. The third kappa shape index (κ3) is 6.84. The molecule has 0 saturated carbocycles. The first-order valence-electron chi connectivity index (χ1n) is 10.2. The summed E-state index contributed by atoms with van der Waals surface area (Å²) in [6.07, 6.45) is 0. The van der Waals surface area contributed by atoms with E-state index in [1.165, 1.54) is 14.2 Å². The Balaban J connectivity index is 1.83. The molecule has 8 nitrogen and oxygen atoms in total. The third-order valence-electron chi connectivity index (χ3n) is 4.25. The van der Waals surface area contributed by atoms with E-state index in [0.717, 1.165) is 0 Å². The summed E-state index contributed by atoms with van der Waals surface area (Å²) < 4.78 is 21.4. The minimum atomic E-state index is -0.286. The average molecular weight is 440 g/mol. The lowest BCUT2D eigenvalue weighted by molar-refractivity contribution is 0.0949. The van der Waals surface area contributed by atoms with Gasteiger partial charge in [0.25, 0.3) is 11.8 Å². The van der Waals surface area contributed by atoms with Crippen LogP contribution in [-0.2, 0) is 0 Å². The van der Waals surface area contributed by atoms with Gasteiger partial charge in [-0.1, -0.05) is 11.8 Å². The standard InChI is InChI=1S/C24H28N2O6/c1-5-31-19-11-9-17(15-21(19)29-3)23(27)25-13-7-8-14-26-24(28)18-10-12-20(32-6-2)22(16-18)30-4/h9-12,15-16H,5-6,13-14H2,1-4H3,(H,25,27)(H,26,28). The summed E-state index contributed by atoms with van der Waals surface area (Å²) in [5, 5.41) is 5.41. The van der Waals surface area contributed by atoms with Crippen LogP contribution in [0.5, 0.6) is 23.0 Å². The molecule has 2 rings (SSSR count). The van der Waals surface area contributed by atoms with Gasteiger partial charge in [0.2, 0.25) is 0 Å². The first-order chi connectivity index (χ1) is 15.5. The lowest BCUT2D eigenvalue weighted by Gasteiger charge is -2.10. The van der Waals surface area contributed by atoms with Gasteiger partial charge in [0.15, 0.2) is 23.0 Å². The highest BCUT2D eigenvalue weighted by Crippen LogP contribution is 2.28. The zero-order valence-corrected chi connectivity index (χ0v) is 18.7. The highest BCUT2D eigenvalue weighted by molar-refractivity contribution is 5.95. The van der Waals surface area contributed by atoms with Crippen LogP contribution < -0.4 is 29.6 Å². The Bertz CT molecular complexity index is 916. The van der Waals surface area contributed by atoms with Crippen molar-refractivity contribution < 1.29 is 28.5 Å². The van der Waals surface area contributed by atoms with Gasteiger partial charge in [-0.15, -0.1) is 0 Å². The van der Waals surface area contributed by atoms with E-state index in [4.69, 9.17) is 18.9 Å². The molecule has 0 aliphatic carbocycles. The van der Waals surface area contributed by atoms with Gasteiger partial charge < -0.3 is 29.6 Å². The van der Waals surface area contributed by atoms with E-state index in [0.29, 0.717) is 47.3 Å². The van der Waals surface area contributed by atoms with Crippen LogP contribution in [0.3, 0.4) is 0 Å². The number of benzene rings is 2. The molecule has 8 heteroatoms. The highest BCUT2D eigenvalue weighted by atomic mass is 16.5. The van der Waals surface area contributed by atoms with Gasteiger partial charge in [-0.2, -0.15) is 0 Å². The molecule has 2 aromatic carbocycles. The maximum absolute atomic E-state index is 12.3. The molecule has 0 aliphatic heterocycles. The van der Waals surface area contributed by atoms with Crippen molar-refractivity contribution in [2.24, 2.45) is 0 Å². The van der Waals surface area contributed by atoms with Crippen molar-refractivity contribution in [2.75, 3.05) is 40.5 Å². The quantitative estimate of drug-likeness (QED) is 0.552. The molecule has 0 heterocycles. The average Bonchev–Trinajstić information content (AvgIpc) is 2.81. The number of rotatable bonds is 10. The van der Waals surface area contributed by atoms with Crippen molar-refractivity contribution >= 4 is 11.8 Å². The molecule has 2 aromatic rings. The van der Waals surface area contributed by atoms with Crippen LogP contribution >= 0.6 is 0 Å². The first kappa shape index (κ1) is 24.4. The van der Waals surface area contributed by atoms with Crippen LogP contribution in [-0.4, -0.2) is 52.3 Å². The van der Waals surface area contributed by atoms with E-state index < -0.39 is 0 Å². The van der Waals surface area contributed by atoms with E-state index in [9.17, 15) is 9.59 Å². The summed E-state index contributed by atoms with van der Waals surface area (Å²) in [6, 6.07) is 9.91. The largest absolute Gasteiger partial charge is 0.493 e. The molecule has 0 bridgehead atoms.